The highest BCUT2D eigenvalue weighted by molar-refractivity contribution is 6.04. The van der Waals surface area contributed by atoms with Crippen molar-refractivity contribution in [3.8, 4) is 0 Å². The molecule has 17 heavy (non-hydrogen) atoms. The van der Waals surface area contributed by atoms with E-state index in [2.05, 4.69) is 5.32 Å². The summed E-state index contributed by atoms with van der Waals surface area (Å²) < 4.78 is 4.75. The van der Waals surface area contributed by atoms with Gasteiger partial charge >= 0.3 is 12.0 Å². The van der Waals surface area contributed by atoms with E-state index in [1.54, 1.807) is 0 Å². The minimum Gasteiger partial charge on any atom is -0.431 e. The van der Waals surface area contributed by atoms with Crippen molar-refractivity contribution in [1.29, 1.82) is 0 Å². The SMILES string of the molecule is NCCCC[C@H](N)C(=O)OC1NC(=O)NC1=O. The molecule has 0 saturated carbocycles. The normalized spacial score (nSPS) is 20.7. The van der Waals surface area contributed by atoms with E-state index in [1.807, 2.05) is 5.32 Å². The number of ether oxygens (including phenoxy) is 1. The third kappa shape index (κ3) is 4.00. The number of nitrogens with one attached hydrogen (secondary N) is 2. The highest BCUT2D eigenvalue weighted by Gasteiger charge is 2.33. The van der Waals surface area contributed by atoms with Crippen LogP contribution in [0.2, 0.25) is 0 Å². The number of hydrogen-bond donors (Lipinski definition) is 4. The van der Waals surface area contributed by atoms with Gasteiger partial charge in [-0.1, -0.05) is 6.42 Å². The lowest BCUT2D eigenvalue weighted by atomic mass is 10.1. The van der Waals surface area contributed by atoms with Gasteiger partial charge in [0.1, 0.15) is 6.04 Å². The smallest absolute Gasteiger partial charge is 0.325 e. The summed E-state index contributed by atoms with van der Waals surface area (Å²) in [6, 6.07) is -1.50. The van der Waals surface area contributed by atoms with Crippen LogP contribution in [0.25, 0.3) is 0 Å². The average molecular weight is 244 g/mol. The molecule has 1 fully saturated rings. The number of imide groups is 1. The van der Waals surface area contributed by atoms with Crippen LogP contribution in [0.4, 0.5) is 4.79 Å². The Morgan fingerprint density at radius 3 is 2.65 bits per heavy atom. The fourth-order valence-electron chi connectivity index (χ4n) is 1.31. The molecule has 2 atom stereocenters. The molecule has 0 aromatic heterocycles. The Balaban J connectivity index is 2.33. The second-order valence-corrected chi connectivity index (χ2v) is 3.67. The van der Waals surface area contributed by atoms with Crippen molar-refractivity contribution in [3.05, 3.63) is 0 Å². The van der Waals surface area contributed by atoms with Gasteiger partial charge in [0.15, 0.2) is 0 Å². The number of amides is 3. The molecular weight excluding hydrogens is 228 g/mol. The first-order chi connectivity index (χ1) is 8.04. The van der Waals surface area contributed by atoms with Gasteiger partial charge < -0.3 is 16.2 Å². The van der Waals surface area contributed by atoms with Gasteiger partial charge in [-0.2, -0.15) is 0 Å². The average Bonchev–Trinajstić information content (AvgIpc) is 2.57. The van der Waals surface area contributed by atoms with Crippen LogP contribution in [0.1, 0.15) is 19.3 Å². The molecule has 0 spiro atoms. The molecular formula is C9H16N4O4. The van der Waals surface area contributed by atoms with Crippen molar-refractivity contribution in [3.63, 3.8) is 0 Å². The van der Waals surface area contributed by atoms with Crippen molar-refractivity contribution < 1.29 is 19.1 Å². The van der Waals surface area contributed by atoms with Crippen LogP contribution in [0.3, 0.4) is 0 Å². The molecule has 0 aromatic rings. The molecule has 8 heteroatoms. The quantitative estimate of drug-likeness (QED) is 0.246. The molecule has 1 aliphatic heterocycles. The fourth-order valence-corrected chi connectivity index (χ4v) is 1.31. The number of urea groups is 1. The number of nitrogens with two attached hydrogens (primary N) is 2. The van der Waals surface area contributed by atoms with Crippen LogP contribution in [0, 0.1) is 0 Å². The fraction of sp³-hybridized carbons (Fsp3) is 0.667. The summed E-state index contributed by atoms with van der Waals surface area (Å²) >= 11 is 0. The molecule has 96 valence electrons. The number of rotatable bonds is 6. The molecule has 0 aliphatic carbocycles. The monoisotopic (exact) mass is 244 g/mol. The van der Waals surface area contributed by atoms with Gasteiger partial charge in [-0.3, -0.25) is 20.2 Å². The molecule has 0 radical (unpaired) electrons. The summed E-state index contributed by atoms with van der Waals surface area (Å²) in [4.78, 5) is 33.3. The minimum atomic E-state index is -1.28. The van der Waals surface area contributed by atoms with Crippen molar-refractivity contribution in [2.45, 2.75) is 31.5 Å². The van der Waals surface area contributed by atoms with Gasteiger partial charge in [-0.15, -0.1) is 0 Å². The number of esters is 1. The highest BCUT2D eigenvalue weighted by atomic mass is 16.6. The largest absolute Gasteiger partial charge is 0.431 e. The molecule has 0 bridgehead atoms. The number of carbonyl (C=O) groups excluding carboxylic acids is 3. The van der Waals surface area contributed by atoms with Gasteiger partial charge in [-0.05, 0) is 19.4 Å². The van der Waals surface area contributed by atoms with E-state index in [0.717, 1.165) is 6.42 Å². The Bertz CT molecular complexity index is 320. The Morgan fingerprint density at radius 1 is 1.41 bits per heavy atom. The van der Waals surface area contributed by atoms with Gasteiger partial charge in [0.05, 0.1) is 0 Å². The van der Waals surface area contributed by atoms with Crippen LogP contribution in [-0.4, -0.2) is 36.7 Å². The van der Waals surface area contributed by atoms with E-state index in [0.29, 0.717) is 19.4 Å². The first-order valence-electron chi connectivity index (χ1n) is 5.32. The van der Waals surface area contributed by atoms with E-state index in [9.17, 15) is 14.4 Å². The maximum absolute atomic E-state index is 11.4. The zero-order chi connectivity index (χ0) is 12.8. The van der Waals surface area contributed by atoms with Gasteiger partial charge in [-0.25, -0.2) is 4.79 Å². The van der Waals surface area contributed by atoms with Crippen molar-refractivity contribution in [2.75, 3.05) is 6.54 Å². The van der Waals surface area contributed by atoms with Gasteiger partial charge in [0, 0.05) is 0 Å². The maximum atomic E-state index is 11.4. The maximum Gasteiger partial charge on any atom is 0.325 e. The van der Waals surface area contributed by atoms with Crippen molar-refractivity contribution >= 4 is 17.9 Å². The van der Waals surface area contributed by atoms with E-state index >= 15 is 0 Å². The Labute approximate surface area is 98.0 Å². The van der Waals surface area contributed by atoms with Crippen molar-refractivity contribution in [1.82, 2.24) is 10.6 Å². The first kappa shape index (κ1) is 13.4. The van der Waals surface area contributed by atoms with Crippen LogP contribution in [-0.2, 0) is 14.3 Å². The van der Waals surface area contributed by atoms with Crippen molar-refractivity contribution in [2.24, 2.45) is 11.5 Å². The third-order valence-electron chi connectivity index (χ3n) is 2.24. The van der Waals surface area contributed by atoms with E-state index in [4.69, 9.17) is 16.2 Å². The third-order valence-corrected chi connectivity index (χ3v) is 2.24. The molecule has 1 unspecified atom stereocenters. The summed E-state index contributed by atoms with van der Waals surface area (Å²) in [6.07, 6.45) is 0.617. The van der Waals surface area contributed by atoms with E-state index in [-0.39, 0.29) is 0 Å². The molecule has 6 N–H and O–H groups in total. The molecule has 1 heterocycles. The lowest BCUT2D eigenvalue weighted by Crippen LogP contribution is -2.41. The zero-order valence-electron chi connectivity index (χ0n) is 9.27. The van der Waals surface area contributed by atoms with Gasteiger partial charge in [0.25, 0.3) is 12.1 Å². The highest BCUT2D eigenvalue weighted by Crippen LogP contribution is 2.03. The summed E-state index contributed by atoms with van der Waals surface area (Å²) in [5, 5.41) is 4.08. The summed E-state index contributed by atoms with van der Waals surface area (Å²) in [7, 11) is 0. The van der Waals surface area contributed by atoms with Crippen LogP contribution < -0.4 is 22.1 Å². The Hall–Kier alpha value is -1.67. The predicted octanol–water partition coefficient (Wildman–Crippen LogP) is -1.85. The van der Waals surface area contributed by atoms with Crippen LogP contribution in [0.15, 0.2) is 0 Å². The molecule has 1 aliphatic rings. The molecule has 1 saturated heterocycles. The molecule has 8 nitrogen and oxygen atoms in total. The number of carbonyl (C=O) groups is 3. The zero-order valence-corrected chi connectivity index (χ0v) is 9.27. The Morgan fingerprint density at radius 2 is 2.12 bits per heavy atom. The summed E-state index contributed by atoms with van der Waals surface area (Å²) in [5.41, 5.74) is 10.9. The Kier molecular flexibility index (Phi) is 4.85. The first-order valence-corrected chi connectivity index (χ1v) is 5.32. The van der Waals surface area contributed by atoms with Crippen LogP contribution in [0.5, 0.6) is 0 Å². The summed E-state index contributed by atoms with van der Waals surface area (Å²) in [6.45, 7) is 0.531. The minimum absolute atomic E-state index is 0.429. The topological polar surface area (TPSA) is 137 Å². The lowest BCUT2D eigenvalue weighted by Gasteiger charge is -2.13. The number of hydrogen-bond acceptors (Lipinski definition) is 6. The van der Waals surface area contributed by atoms with E-state index < -0.39 is 30.2 Å². The number of unbranched alkanes of at least 4 members (excludes halogenated alkanes) is 1. The molecule has 3 amide bonds. The second kappa shape index (κ2) is 6.16. The lowest BCUT2D eigenvalue weighted by molar-refractivity contribution is -0.156. The standard InChI is InChI=1S/C9H16N4O4/c10-4-2-1-3-5(11)8(15)17-7-6(14)12-9(16)13-7/h5,7H,1-4,10-11H2,(H2,12,13,14,16)/t5-,7?/m0/s1. The second-order valence-electron chi connectivity index (χ2n) is 3.67. The molecule has 0 aromatic carbocycles. The predicted molar refractivity (Wildman–Crippen MR) is 57.4 cm³/mol. The summed E-state index contributed by atoms with van der Waals surface area (Å²) in [5.74, 6) is -1.41. The van der Waals surface area contributed by atoms with Crippen LogP contribution >= 0.6 is 0 Å². The molecule has 1 rings (SSSR count). The van der Waals surface area contributed by atoms with E-state index in [1.165, 1.54) is 0 Å². The van der Waals surface area contributed by atoms with Gasteiger partial charge in [0.2, 0.25) is 0 Å².